The summed E-state index contributed by atoms with van der Waals surface area (Å²) in [5.74, 6) is 0.112. The van der Waals surface area contributed by atoms with E-state index in [1.807, 2.05) is 19.9 Å². The minimum absolute atomic E-state index is 0.0664. The summed E-state index contributed by atoms with van der Waals surface area (Å²) >= 11 is 0. The summed E-state index contributed by atoms with van der Waals surface area (Å²) < 4.78 is 30.0. The first-order valence-electron chi connectivity index (χ1n) is 9.62. The number of carbonyl (C=O) groups excluding carboxylic acids is 1. The fraction of sp³-hybridized carbons (Fsp3) is 0.778. The Morgan fingerprint density at radius 1 is 1.23 bits per heavy atom. The highest BCUT2D eigenvalue weighted by atomic mass is 32.2. The van der Waals surface area contributed by atoms with Gasteiger partial charge in [0.2, 0.25) is 10.0 Å². The molecule has 1 amide bonds. The summed E-state index contributed by atoms with van der Waals surface area (Å²) in [4.78, 5) is 14.6. The van der Waals surface area contributed by atoms with Crippen molar-refractivity contribution in [3.8, 4) is 0 Å². The topological polar surface area (TPSA) is 84.3 Å². The van der Waals surface area contributed by atoms with Gasteiger partial charge in [0.05, 0.1) is 10.9 Å². The van der Waals surface area contributed by atoms with Crippen LogP contribution < -0.4 is 4.72 Å². The quantitative estimate of drug-likeness (QED) is 0.844. The van der Waals surface area contributed by atoms with Crippen LogP contribution in [-0.2, 0) is 17.1 Å². The number of likely N-dealkylation sites (tertiary alicyclic amines) is 1. The van der Waals surface area contributed by atoms with Crippen LogP contribution in [-0.4, -0.2) is 53.4 Å². The number of carbonyl (C=O) groups is 1. The fourth-order valence-electron chi connectivity index (χ4n) is 3.88. The van der Waals surface area contributed by atoms with Gasteiger partial charge in [-0.25, -0.2) is 13.1 Å². The molecule has 1 saturated carbocycles. The van der Waals surface area contributed by atoms with Crippen molar-refractivity contribution in [2.45, 2.75) is 69.6 Å². The maximum Gasteiger partial charge on any atom is 0.272 e. The molecule has 26 heavy (non-hydrogen) atoms. The van der Waals surface area contributed by atoms with Gasteiger partial charge in [-0.1, -0.05) is 26.7 Å². The van der Waals surface area contributed by atoms with Crippen LogP contribution in [0.2, 0.25) is 0 Å². The first-order chi connectivity index (χ1) is 12.3. The summed E-state index contributed by atoms with van der Waals surface area (Å²) in [6, 6.07) is 1.89. The Kier molecular flexibility index (Phi) is 5.72. The van der Waals surface area contributed by atoms with Gasteiger partial charge in [-0.3, -0.25) is 9.48 Å². The summed E-state index contributed by atoms with van der Waals surface area (Å²) in [5.41, 5.74) is 1.40. The van der Waals surface area contributed by atoms with Crippen molar-refractivity contribution in [2.24, 2.45) is 7.05 Å². The number of nitrogens with one attached hydrogen (secondary N) is 1. The first kappa shape index (κ1) is 19.4. The summed E-state index contributed by atoms with van der Waals surface area (Å²) in [6.45, 7) is 4.92. The monoisotopic (exact) mass is 382 g/mol. The molecule has 7 nitrogen and oxygen atoms in total. The first-order valence-corrected chi connectivity index (χ1v) is 11.2. The smallest absolute Gasteiger partial charge is 0.272 e. The van der Waals surface area contributed by atoms with E-state index in [-0.39, 0.29) is 24.4 Å². The molecule has 0 unspecified atom stereocenters. The Morgan fingerprint density at radius 3 is 2.54 bits per heavy atom. The Balaban J connectivity index is 1.70. The molecule has 2 heterocycles. The Labute approximate surface area is 156 Å². The standard InChI is InChI=1S/C18H30N4O3S/c1-13(2)16-11-17(21(3)19-16)18(23)22-10-6-9-15(12-22)26(24,25)20-14-7-4-5-8-14/h11,13-15,20H,4-10,12H2,1-3H3/t15-/m1/s1. The zero-order valence-electron chi connectivity index (χ0n) is 15.9. The van der Waals surface area contributed by atoms with Gasteiger partial charge in [-0.15, -0.1) is 0 Å². The van der Waals surface area contributed by atoms with E-state index < -0.39 is 15.3 Å². The number of amides is 1. The molecule has 1 atom stereocenters. The molecule has 3 rings (SSSR count). The van der Waals surface area contributed by atoms with Crippen LogP contribution in [0, 0.1) is 0 Å². The van der Waals surface area contributed by atoms with Crippen LogP contribution in [0.4, 0.5) is 0 Å². The minimum Gasteiger partial charge on any atom is -0.336 e. The van der Waals surface area contributed by atoms with Gasteiger partial charge in [0, 0.05) is 26.2 Å². The highest BCUT2D eigenvalue weighted by molar-refractivity contribution is 7.90. The lowest BCUT2D eigenvalue weighted by atomic mass is 10.1. The van der Waals surface area contributed by atoms with E-state index in [2.05, 4.69) is 9.82 Å². The molecule has 0 bridgehead atoms. The van der Waals surface area contributed by atoms with E-state index in [1.54, 1.807) is 16.6 Å². The van der Waals surface area contributed by atoms with Crippen LogP contribution in [0.3, 0.4) is 0 Å². The number of nitrogens with zero attached hydrogens (tertiary/aromatic N) is 3. The van der Waals surface area contributed by atoms with Crippen LogP contribution >= 0.6 is 0 Å². The van der Waals surface area contributed by atoms with Gasteiger partial charge in [0.15, 0.2) is 0 Å². The molecular formula is C18H30N4O3S. The summed E-state index contributed by atoms with van der Waals surface area (Å²) in [7, 11) is -1.64. The third kappa shape index (κ3) is 4.11. The maximum absolute atomic E-state index is 12.9. The van der Waals surface area contributed by atoms with Crippen LogP contribution in [0.5, 0.6) is 0 Å². The number of hydrogen-bond acceptors (Lipinski definition) is 4. The van der Waals surface area contributed by atoms with Crippen molar-refractivity contribution in [3.63, 3.8) is 0 Å². The number of sulfonamides is 1. The van der Waals surface area contributed by atoms with Gasteiger partial charge in [-0.05, 0) is 37.7 Å². The molecule has 1 saturated heterocycles. The molecule has 0 aromatic carbocycles. The number of aromatic nitrogens is 2. The Hall–Kier alpha value is -1.41. The average Bonchev–Trinajstić information content (AvgIpc) is 3.23. The van der Waals surface area contributed by atoms with Crippen LogP contribution in [0.15, 0.2) is 6.07 Å². The lowest BCUT2D eigenvalue weighted by Crippen LogP contribution is -2.50. The summed E-state index contributed by atoms with van der Waals surface area (Å²) in [6.07, 6.45) is 5.32. The number of hydrogen-bond donors (Lipinski definition) is 1. The minimum atomic E-state index is -3.40. The molecule has 1 aliphatic heterocycles. The average molecular weight is 383 g/mol. The zero-order valence-corrected chi connectivity index (χ0v) is 16.8. The molecule has 146 valence electrons. The lowest BCUT2D eigenvalue weighted by molar-refractivity contribution is 0.0715. The molecule has 1 aliphatic carbocycles. The lowest BCUT2D eigenvalue weighted by Gasteiger charge is -2.33. The molecule has 1 N–H and O–H groups in total. The van der Waals surface area contributed by atoms with E-state index in [0.29, 0.717) is 25.1 Å². The molecule has 1 aromatic rings. The Bertz CT molecular complexity index is 750. The normalized spacial score (nSPS) is 22.3. The van der Waals surface area contributed by atoms with E-state index >= 15 is 0 Å². The highest BCUT2D eigenvalue weighted by Gasteiger charge is 2.35. The van der Waals surface area contributed by atoms with Gasteiger partial charge in [-0.2, -0.15) is 5.10 Å². The third-order valence-electron chi connectivity index (χ3n) is 5.50. The molecule has 0 radical (unpaired) electrons. The van der Waals surface area contributed by atoms with E-state index in [0.717, 1.165) is 31.4 Å². The van der Waals surface area contributed by atoms with Crippen molar-refractivity contribution in [1.82, 2.24) is 19.4 Å². The SMILES string of the molecule is CC(C)c1cc(C(=O)N2CCC[C@@H](S(=O)(=O)NC3CCCC3)C2)n(C)n1. The fourth-order valence-corrected chi connectivity index (χ4v) is 5.63. The van der Waals surface area contributed by atoms with Crippen LogP contribution in [0.1, 0.15) is 74.5 Å². The molecule has 0 spiro atoms. The maximum atomic E-state index is 12.9. The van der Waals surface area contributed by atoms with E-state index in [4.69, 9.17) is 0 Å². The van der Waals surface area contributed by atoms with Gasteiger partial charge in [0.1, 0.15) is 5.69 Å². The van der Waals surface area contributed by atoms with Crippen molar-refractivity contribution < 1.29 is 13.2 Å². The second-order valence-electron chi connectivity index (χ2n) is 7.89. The van der Waals surface area contributed by atoms with E-state index in [9.17, 15) is 13.2 Å². The van der Waals surface area contributed by atoms with Crippen molar-refractivity contribution in [2.75, 3.05) is 13.1 Å². The molecule has 2 fully saturated rings. The van der Waals surface area contributed by atoms with E-state index in [1.165, 1.54) is 0 Å². The van der Waals surface area contributed by atoms with Crippen molar-refractivity contribution >= 4 is 15.9 Å². The molecule has 8 heteroatoms. The largest absolute Gasteiger partial charge is 0.336 e. The zero-order chi connectivity index (χ0) is 18.9. The highest BCUT2D eigenvalue weighted by Crippen LogP contribution is 2.23. The Morgan fingerprint density at radius 2 is 1.92 bits per heavy atom. The van der Waals surface area contributed by atoms with Gasteiger partial charge >= 0.3 is 0 Å². The molecule has 1 aromatic heterocycles. The van der Waals surface area contributed by atoms with Crippen molar-refractivity contribution in [1.29, 1.82) is 0 Å². The molecular weight excluding hydrogens is 352 g/mol. The number of aryl methyl sites for hydroxylation is 1. The second kappa shape index (κ2) is 7.68. The van der Waals surface area contributed by atoms with Gasteiger partial charge < -0.3 is 4.90 Å². The predicted octanol–water partition coefficient (Wildman–Crippen LogP) is 2.01. The van der Waals surface area contributed by atoms with Gasteiger partial charge in [0.25, 0.3) is 5.91 Å². The number of rotatable bonds is 5. The second-order valence-corrected chi connectivity index (χ2v) is 9.88. The predicted molar refractivity (Wildman–Crippen MR) is 101 cm³/mol. The summed E-state index contributed by atoms with van der Waals surface area (Å²) in [5, 5.41) is 3.87. The third-order valence-corrected chi connectivity index (χ3v) is 7.42. The molecule has 2 aliphatic rings. The number of piperidine rings is 1. The van der Waals surface area contributed by atoms with Crippen LogP contribution in [0.25, 0.3) is 0 Å². The van der Waals surface area contributed by atoms with Crippen molar-refractivity contribution in [3.05, 3.63) is 17.5 Å².